The second kappa shape index (κ2) is 5.29. The van der Waals surface area contributed by atoms with E-state index in [0.717, 1.165) is 30.6 Å². The van der Waals surface area contributed by atoms with Gasteiger partial charge in [0, 0.05) is 16.5 Å². The molecule has 0 aliphatic carbocycles. The molecule has 2 aliphatic rings. The van der Waals surface area contributed by atoms with Gasteiger partial charge < -0.3 is 16.0 Å². The number of rotatable bonds is 2. The minimum absolute atomic E-state index is 0.0355. The molecule has 98 valence electrons. The normalized spacial score (nSPS) is 24.3. The Bertz CT molecular complexity index is 434. The molecule has 1 fully saturated rings. The van der Waals surface area contributed by atoms with Crippen molar-refractivity contribution in [2.24, 2.45) is 11.7 Å². The summed E-state index contributed by atoms with van der Waals surface area (Å²) in [5.74, 6) is 0.750. The predicted molar refractivity (Wildman–Crippen MR) is 78.2 cm³/mol. The van der Waals surface area contributed by atoms with Gasteiger partial charge in [-0.05, 0) is 50.0 Å². The first-order valence-electron chi connectivity index (χ1n) is 6.43. The number of fused-ring (bicyclic) bond motifs is 1. The first-order chi connectivity index (χ1) is 8.74. The van der Waals surface area contributed by atoms with E-state index in [0.29, 0.717) is 0 Å². The van der Waals surface area contributed by atoms with Crippen molar-refractivity contribution in [3.63, 3.8) is 0 Å². The van der Waals surface area contributed by atoms with E-state index in [9.17, 15) is 0 Å². The van der Waals surface area contributed by atoms with E-state index in [4.69, 9.17) is 17.3 Å². The van der Waals surface area contributed by atoms with Gasteiger partial charge in [0.15, 0.2) is 0 Å². The Morgan fingerprint density at radius 1 is 1.39 bits per heavy atom. The molecule has 1 aromatic rings. The van der Waals surface area contributed by atoms with Crippen molar-refractivity contribution in [3.05, 3.63) is 23.2 Å². The third kappa shape index (κ3) is 2.48. The van der Waals surface area contributed by atoms with Gasteiger partial charge in [-0.3, -0.25) is 0 Å². The highest BCUT2D eigenvalue weighted by Gasteiger charge is 2.29. The third-order valence-electron chi connectivity index (χ3n) is 3.70. The molecular formula is C13H18ClN3S. The van der Waals surface area contributed by atoms with Crippen LogP contribution < -0.4 is 16.0 Å². The lowest BCUT2D eigenvalue weighted by molar-refractivity contribution is 0.372. The molecule has 2 heterocycles. The number of thioether (sulfide) groups is 1. The topological polar surface area (TPSA) is 41.3 Å². The minimum atomic E-state index is 0.0355. The summed E-state index contributed by atoms with van der Waals surface area (Å²) in [6.45, 7) is 3.33. The van der Waals surface area contributed by atoms with E-state index in [1.165, 1.54) is 23.4 Å². The Balaban J connectivity index is 1.76. The number of hydrogen-bond donors (Lipinski definition) is 2. The highest BCUT2D eigenvalue weighted by molar-refractivity contribution is 8.00. The fourth-order valence-electron chi connectivity index (χ4n) is 2.70. The van der Waals surface area contributed by atoms with E-state index in [2.05, 4.69) is 16.3 Å². The van der Waals surface area contributed by atoms with Crippen molar-refractivity contribution < 1.29 is 0 Å². The van der Waals surface area contributed by atoms with Crippen molar-refractivity contribution in [1.29, 1.82) is 0 Å². The van der Waals surface area contributed by atoms with Crippen LogP contribution in [-0.4, -0.2) is 25.1 Å². The first kappa shape index (κ1) is 12.6. The molecule has 0 spiro atoms. The molecule has 18 heavy (non-hydrogen) atoms. The number of piperidine rings is 1. The zero-order chi connectivity index (χ0) is 12.5. The van der Waals surface area contributed by atoms with Crippen LogP contribution in [0.15, 0.2) is 23.1 Å². The van der Waals surface area contributed by atoms with Gasteiger partial charge in [-0.2, -0.15) is 0 Å². The third-order valence-corrected chi connectivity index (χ3v) is 5.01. The first-order valence-corrected chi connectivity index (χ1v) is 7.69. The lowest BCUT2D eigenvalue weighted by atomic mass is 9.97. The van der Waals surface area contributed by atoms with Gasteiger partial charge >= 0.3 is 0 Å². The minimum Gasteiger partial charge on any atom is -0.346 e. The summed E-state index contributed by atoms with van der Waals surface area (Å²) >= 11 is 7.74. The van der Waals surface area contributed by atoms with Gasteiger partial charge in [0.2, 0.25) is 0 Å². The van der Waals surface area contributed by atoms with E-state index < -0.39 is 0 Å². The standard InChI is InChI=1S/C13H18ClN3S/c14-10-1-2-11-12(7-10)18-13(15)17(11)8-9-3-5-16-6-4-9/h1-2,7,9,13,16H,3-6,8,15H2. The molecule has 1 aromatic carbocycles. The van der Waals surface area contributed by atoms with Crippen molar-refractivity contribution in [2.45, 2.75) is 23.2 Å². The zero-order valence-corrected chi connectivity index (χ0v) is 11.8. The summed E-state index contributed by atoms with van der Waals surface area (Å²) in [6, 6.07) is 6.07. The van der Waals surface area contributed by atoms with Gasteiger partial charge in [-0.1, -0.05) is 23.4 Å². The van der Waals surface area contributed by atoms with Gasteiger partial charge in [0.25, 0.3) is 0 Å². The molecule has 0 saturated carbocycles. The Hall–Kier alpha value is -0.420. The maximum absolute atomic E-state index is 6.23. The summed E-state index contributed by atoms with van der Waals surface area (Å²) < 4.78 is 0. The van der Waals surface area contributed by atoms with Crippen molar-refractivity contribution >= 4 is 29.1 Å². The SMILES string of the molecule is NC1Sc2cc(Cl)ccc2N1CC1CCNCC1. The molecule has 0 aromatic heterocycles. The predicted octanol–water partition coefficient (Wildman–Crippen LogP) is 2.49. The number of anilines is 1. The summed E-state index contributed by atoms with van der Waals surface area (Å²) in [5.41, 5.74) is 7.51. The van der Waals surface area contributed by atoms with Gasteiger partial charge in [0.1, 0.15) is 5.50 Å². The summed E-state index contributed by atoms with van der Waals surface area (Å²) in [7, 11) is 0. The molecule has 5 heteroatoms. The van der Waals surface area contributed by atoms with Crippen LogP contribution >= 0.6 is 23.4 Å². The van der Waals surface area contributed by atoms with Crippen molar-refractivity contribution in [3.8, 4) is 0 Å². The van der Waals surface area contributed by atoms with Crippen molar-refractivity contribution in [2.75, 3.05) is 24.5 Å². The molecule has 2 aliphatic heterocycles. The molecule has 0 amide bonds. The molecule has 1 atom stereocenters. The summed E-state index contributed by atoms with van der Waals surface area (Å²) in [4.78, 5) is 3.54. The van der Waals surface area contributed by atoms with Crippen LogP contribution in [0.4, 0.5) is 5.69 Å². The molecule has 3 N–H and O–H groups in total. The van der Waals surface area contributed by atoms with Crippen LogP contribution in [0.5, 0.6) is 0 Å². The Kier molecular flexibility index (Phi) is 3.71. The smallest absolute Gasteiger partial charge is 0.130 e. The van der Waals surface area contributed by atoms with Crippen LogP contribution in [0.1, 0.15) is 12.8 Å². The second-order valence-corrected chi connectivity index (χ2v) is 6.56. The van der Waals surface area contributed by atoms with Crippen LogP contribution in [-0.2, 0) is 0 Å². The largest absolute Gasteiger partial charge is 0.346 e. The number of hydrogen-bond acceptors (Lipinski definition) is 4. The second-order valence-electron chi connectivity index (χ2n) is 4.97. The molecule has 3 nitrogen and oxygen atoms in total. The van der Waals surface area contributed by atoms with Crippen LogP contribution in [0.25, 0.3) is 0 Å². The quantitative estimate of drug-likeness (QED) is 0.875. The Morgan fingerprint density at radius 2 is 2.17 bits per heavy atom. The summed E-state index contributed by atoms with van der Waals surface area (Å²) in [6.07, 6.45) is 2.49. The van der Waals surface area contributed by atoms with Crippen LogP contribution in [0.2, 0.25) is 5.02 Å². The molecule has 3 rings (SSSR count). The Morgan fingerprint density at radius 3 is 2.94 bits per heavy atom. The number of nitrogens with one attached hydrogen (secondary N) is 1. The van der Waals surface area contributed by atoms with E-state index in [1.807, 2.05) is 12.1 Å². The Labute approximate surface area is 117 Å². The number of nitrogens with two attached hydrogens (primary N) is 1. The fourth-order valence-corrected chi connectivity index (χ4v) is 4.02. The molecule has 0 bridgehead atoms. The lowest BCUT2D eigenvalue weighted by Crippen LogP contribution is -2.42. The average Bonchev–Trinajstić information content (AvgIpc) is 2.66. The van der Waals surface area contributed by atoms with E-state index in [-0.39, 0.29) is 5.50 Å². The van der Waals surface area contributed by atoms with Gasteiger partial charge in [0.05, 0.1) is 5.69 Å². The zero-order valence-electron chi connectivity index (χ0n) is 10.2. The highest BCUT2D eigenvalue weighted by Crippen LogP contribution is 2.43. The van der Waals surface area contributed by atoms with E-state index >= 15 is 0 Å². The van der Waals surface area contributed by atoms with Gasteiger partial charge in [-0.15, -0.1) is 0 Å². The highest BCUT2D eigenvalue weighted by atomic mass is 35.5. The fraction of sp³-hybridized carbons (Fsp3) is 0.538. The molecule has 0 radical (unpaired) electrons. The molecule has 1 unspecified atom stereocenters. The van der Waals surface area contributed by atoms with Gasteiger partial charge in [-0.25, -0.2) is 0 Å². The number of nitrogens with zero attached hydrogens (tertiary/aromatic N) is 1. The number of benzene rings is 1. The molecule has 1 saturated heterocycles. The molecular weight excluding hydrogens is 266 g/mol. The van der Waals surface area contributed by atoms with Crippen LogP contribution in [0, 0.1) is 5.92 Å². The lowest BCUT2D eigenvalue weighted by Gasteiger charge is -2.31. The average molecular weight is 284 g/mol. The summed E-state index contributed by atoms with van der Waals surface area (Å²) in [5, 5.41) is 4.19. The number of halogens is 1. The van der Waals surface area contributed by atoms with Crippen LogP contribution in [0.3, 0.4) is 0 Å². The van der Waals surface area contributed by atoms with E-state index in [1.54, 1.807) is 11.8 Å². The maximum atomic E-state index is 6.23. The monoisotopic (exact) mass is 283 g/mol. The van der Waals surface area contributed by atoms with Crippen molar-refractivity contribution in [1.82, 2.24) is 5.32 Å². The maximum Gasteiger partial charge on any atom is 0.130 e.